The summed E-state index contributed by atoms with van der Waals surface area (Å²) in [4.78, 5) is 0. The molecule has 0 spiro atoms. The topological polar surface area (TPSA) is 12.0 Å². The summed E-state index contributed by atoms with van der Waals surface area (Å²) in [5, 5.41) is 3.31. The van der Waals surface area contributed by atoms with Crippen LogP contribution in [0.2, 0.25) is 0 Å². The first-order chi connectivity index (χ1) is 9.20. The summed E-state index contributed by atoms with van der Waals surface area (Å²) in [7, 11) is 1.92. The quantitative estimate of drug-likeness (QED) is 0.811. The molecular weight excluding hydrogens is 244 g/mol. The van der Waals surface area contributed by atoms with Crippen molar-refractivity contribution in [3.8, 4) is 0 Å². The van der Waals surface area contributed by atoms with Crippen molar-refractivity contribution in [3.63, 3.8) is 0 Å². The minimum Gasteiger partial charge on any atom is -0.316 e. The molecule has 0 radical (unpaired) electrons. The Balaban J connectivity index is 2.07. The van der Waals surface area contributed by atoms with Crippen molar-refractivity contribution in [2.24, 2.45) is 5.92 Å². The highest BCUT2D eigenvalue weighted by molar-refractivity contribution is 5.20. The minimum atomic E-state index is -0.355. The summed E-state index contributed by atoms with van der Waals surface area (Å²) in [6, 6.07) is 3.98. The molecule has 1 N–H and O–H groups in total. The Morgan fingerprint density at radius 1 is 1.16 bits per heavy atom. The molecule has 0 aromatic heterocycles. The highest BCUT2D eigenvalue weighted by Gasteiger charge is 2.22. The van der Waals surface area contributed by atoms with Gasteiger partial charge in [-0.1, -0.05) is 25.7 Å². The van der Waals surface area contributed by atoms with Crippen LogP contribution in [0.3, 0.4) is 0 Å². The van der Waals surface area contributed by atoms with Crippen LogP contribution >= 0.6 is 0 Å². The molecule has 1 aliphatic carbocycles. The Kier molecular flexibility index (Phi) is 5.32. The Hall–Kier alpha value is -0.960. The number of rotatable bonds is 4. The lowest BCUT2D eigenvalue weighted by atomic mass is 9.87. The largest absolute Gasteiger partial charge is 0.316 e. The van der Waals surface area contributed by atoms with Gasteiger partial charge in [0.2, 0.25) is 0 Å². The molecule has 0 aliphatic heterocycles. The molecular formula is C16H23F2N. The first-order valence-corrected chi connectivity index (χ1v) is 7.32. The first kappa shape index (κ1) is 14.4. The maximum atomic E-state index is 13.7. The van der Waals surface area contributed by atoms with E-state index in [1.807, 2.05) is 7.05 Å². The zero-order valence-corrected chi connectivity index (χ0v) is 11.6. The molecule has 1 nitrogen and oxygen atoms in total. The molecule has 2 rings (SSSR count). The lowest BCUT2D eigenvalue weighted by Gasteiger charge is -2.26. The van der Waals surface area contributed by atoms with Gasteiger partial charge < -0.3 is 5.32 Å². The van der Waals surface area contributed by atoms with E-state index in [-0.39, 0.29) is 17.7 Å². The van der Waals surface area contributed by atoms with Crippen LogP contribution in [0, 0.1) is 17.6 Å². The normalized spacial score (nSPS) is 19.1. The van der Waals surface area contributed by atoms with Gasteiger partial charge in [0.1, 0.15) is 11.6 Å². The van der Waals surface area contributed by atoms with Crippen LogP contribution in [-0.2, 0) is 6.42 Å². The van der Waals surface area contributed by atoms with Crippen molar-refractivity contribution in [2.45, 2.75) is 51.0 Å². The predicted molar refractivity (Wildman–Crippen MR) is 74.1 cm³/mol. The predicted octanol–water partition coefficient (Wildman–Crippen LogP) is 4.07. The number of hydrogen-bond donors (Lipinski definition) is 1. The Labute approximate surface area is 114 Å². The minimum absolute atomic E-state index is 0.245. The SMILES string of the molecule is CNC(Cc1cc(F)ccc1F)C1CCCCCC1. The van der Waals surface area contributed by atoms with Crippen LogP contribution in [0.5, 0.6) is 0 Å². The van der Waals surface area contributed by atoms with Gasteiger partial charge in [-0.05, 0) is 56.0 Å². The molecule has 106 valence electrons. The lowest BCUT2D eigenvalue weighted by molar-refractivity contribution is 0.329. The fourth-order valence-corrected chi connectivity index (χ4v) is 3.15. The van der Waals surface area contributed by atoms with Gasteiger partial charge in [0, 0.05) is 6.04 Å². The van der Waals surface area contributed by atoms with Crippen molar-refractivity contribution in [1.82, 2.24) is 5.32 Å². The van der Waals surface area contributed by atoms with E-state index in [1.54, 1.807) is 0 Å². The number of hydrogen-bond acceptors (Lipinski definition) is 1. The molecule has 19 heavy (non-hydrogen) atoms. The van der Waals surface area contributed by atoms with Crippen molar-refractivity contribution in [2.75, 3.05) is 7.05 Å². The summed E-state index contributed by atoms with van der Waals surface area (Å²) in [5.41, 5.74) is 0.489. The Bertz CT molecular complexity index is 398. The average Bonchev–Trinajstić information content (AvgIpc) is 2.68. The molecule has 0 amide bonds. The number of benzene rings is 1. The van der Waals surface area contributed by atoms with E-state index in [1.165, 1.54) is 56.7 Å². The van der Waals surface area contributed by atoms with Gasteiger partial charge in [-0.25, -0.2) is 8.78 Å². The van der Waals surface area contributed by atoms with Gasteiger partial charge in [0.05, 0.1) is 0 Å². The number of nitrogens with one attached hydrogen (secondary N) is 1. The van der Waals surface area contributed by atoms with E-state index < -0.39 is 0 Å². The van der Waals surface area contributed by atoms with E-state index in [0.29, 0.717) is 17.9 Å². The fourth-order valence-electron chi connectivity index (χ4n) is 3.15. The summed E-state index contributed by atoms with van der Waals surface area (Å²) in [5.74, 6) is -0.0717. The van der Waals surface area contributed by atoms with Crippen molar-refractivity contribution in [1.29, 1.82) is 0 Å². The highest BCUT2D eigenvalue weighted by Crippen LogP contribution is 2.27. The molecule has 0 bridgehead atoms. The summed E-state index contributed by atoms with van der Waals surface area (Å²) in [6.07, 6.45) is 8.10. The molecule has 3 heteroatoms. The maximum Gasteiger partial charge on any atom is 0.126 e. The Morgan fingerprint density at radius 2 is 1.84 bits per heavy atom. The summed E-state index contributed by atoms with van der Waals surface area (Å²) >= 11 is 0. The standard InChI is InChI=1S/C16H23F2N/c1-19-16(12-6-4-2-3-5-7-12)11-13-10-14(17)8-9-15(13)18/h8-10,12,16,19H,2-7,11H2,1H3. The van der Waals surface area contributed by atoms with Crippen LogP contribution in [0.25, 0.3) is 0 Å². The first-order valence-electron chi connectivity index (χ1n) is 7.32. The number of likely N-dealkylation sites (N-methyl/N-ethyl adjacent to an activating group) is 1. The molecule has 0 heterocycles. The van der Waals surface area contributed by atoms with Gasteiger partial charge in [0.25, 0.3) is 0 Å². The van der Waals surface area contributed by atoms with Crippen LogP contribution in [0.1, 0.15) is 44.1 Å². The Morgan fingerprint density at radius 3 is 2.47 bits per heavy atom. The highest BCUT2D eigenvalue weighted by atomic mass is 19.1. The van der Waals surface area contributed by atoms with Gasteiger partial charge in [-0.3, -0.25) is 0 Å². The van der Waals surface area contributed by atoms with E-state index in [0.717, 1.165) is 0 Å². The lowest BCUT2D eigenvalue weighted by Crippen LogP contribution is -2.35. The maximum absolute atomic E-state index is 13.7. The molecule has 1 aromatic rings. The van der Waals surface area contributed by atoms with Gasteiger partial charge in [-0.15, -0.1) is 0 Å². The van der Waals surface area contributed by atoms with Gasteiger partial charge in [0.15, 0.2) is 0 Å². The van der Waals surface area contributed by atoms with Crippen LogP contribution in [0.4, 0.5) is 8.78 Å². The van der Waals surface area contributed by atoms with Crippen molar-refractivity contribution < 1.29 is 8.78 Å². The molecule has 1 unspecified atom stereocenters. The van der Waals surface area contributed by atoms with E-state index >= 15 is 0 Å². The van der Waals surface area contributed by atoms with E-state index in [9.17, 15) is 8.78 Å². The second-order valence-electron chi connectivity index (χ2n) is 5.59. The third kappa shape index (κ3) is 4.00. The zero-order chi connectivity index (χ0) is 13.7. The van der Waals surface area contributed by atoms with Gasteiger partial charge in [-0.2, -0.15) is 0 Å². The second kappa shape index (κ2) is 6.99. The molecule has 1 aromatic carbocycles. The molecule has 1 fully saturated rings. The smallest absolute Gasteiger partial charge is 0.126 e. The third-order valence-electron chi connectivity index (χ3n) is 4.29. The van der Waals surface area contributed by atoms with Crippen molar-refractivity contribution >= 4 is 0 Å². The summed E-state index contributed by atoms with van der Waals surface area (Å²) in [6.45, 7) is 0. The average molecular weight is 267 g/mol. The summed E-state index contributed by atoms with van der Waals surface area (Å²) < 4.78 is 26.9. The zero-order valence-electron chi connectivity index (χ0n) is 11.6. The molecule has 1 aliphatic rings. The molecule has 1 saturated carbocycles. The fraction of sp³-hybridized carbons (Fsp3) is 0.625. The van der Waals surface area contributed by atoms with Gasteiger partial charge >= 0.3 is 0 Å². The molecule has 1 atom stereocenters. The number of halogens is 2. The van der Waals surface area contributed by atoms with E-state index in [4.69, 9.17) is 0 Å². The van der Waals surface area contributed by atoms with Crippen LogP contribution in [-0.4, -0.2) is 13.1 Å². The monoisotopic (exact) mass is 267 g/mol. The second-order valence-corrected chi connectivity index (χ2v) is 5.59. The third-order valence-corrected chi connectivity index (χ3v) is 4.29. The van der Waals surface area contributed by atoms with Crippen molar-refractivity contribution in [3.05, 3.63) is 35.4 Å². The van der Waals surface area contributed by atoms with Crippen LogP contribution in [0.15, 0.2) is 18.2 Å². The van der Waals surface area contributed by atoms with E-state index in [2.05, 4.69) is 5.32 Å². The van der Waals surface area contributed by atoms with Crippen LogP contribution < -0.4 is 5.32 Å². The molecule has 0 saturated heterocycles.